The minimum absolute atomic E-state index is 0.0999. The van der Waals surface area contributed by atoms with Crippen molar-refractivity contribution in [3.63, 3.8) is 0 Å². The molecule has 0 fully saturated rings. The van der Waals surface area contributed by atoms with Gasteiger partial charge in [0.05, 0.1) is 23.0 Å². The summed E-state index contributed by atoms with van der Waals surface area (Å²) in [7, 11) is 1.62. The molecule has 1 heterocycles. The largest absolute Gasteiger partial charge is 0.497 e. The molecule has 112 valence electrons. The molecule has 0 unspecified atom stereocenters. The van der Waals surface area contributed by atoms with Gasteiger partial charge in [0.25, 0.3) is 0 Å². The van der Waals surface area contributed by atoms with Crippen LogP contribution in [0.4, 0.5) is 0 Å². The molecule has 3 rings (SSSR count). The second-order valence-electron chi connectivity index (χ2n) is 4.81. The Morgan fingerprint density at radius 1 is 1.14 bits per heavy atom. The lowest BCUT2D eigenvalue weighted by Crippen LogP contribution is -2.06. The fourth-order valence-corrected chi connectivity index (χ4v) is 3.52. The number of hydrogen-bond acceptors (Lipinski definition) is 3. The van der Waals surface area contributed by atoms with E-state index in [9.17, 15) is 4.79 Å². The molecule has 0 saturated carbocycles. The normalized spacial score (nSPS) is 10.9. The summed E-state index contributed by atoms with van der Waals surface area (Å²) in [5.41, 5.74) is 2.05. The first-order valence-corrected chi connectivity index (χ1v) is 8.13. The summed E-state index contributed by atoms with van der Waals surface area (Å²) in [6.45, 7) is 1.89. The van der Waals surface area contributed by atoms with Crippen molar-refractivity contribution in [2.75, 3.05) is 7.11 Å². The lowest BCUT2D eigenvalue weighted by Gasteiger charge is -2.04. The quantitative estimate of drug-likeness (QED) is 0.619. The third-order valence-electron chi connectivity index (χ3n) is 3.40. The van der Waals surface area contributed by atoms with Crippen molar-refractivity contribution in [2.24, 2.45) is 0 Å². The van der Waals surface area contributed by atoms with E-state index >= 15 is 0 Å². The molecule has 22 heavy (non-hydrogen) atoms. The minimum atomic E-state index is -0.0999. The van der Waals surface area contributed by atoms with E-state index in [0.29, 0.717) is 9.99 Å². The van der Waals surface area contributed by atoms with Crippen LogP contribution in [0.2, 0.25) is 0 Å². The maximum atomic E-state index is 12.7. The Bertz CT molecular complexity index is 918. The molecule has 6 heteroatoms. The van der Waals surface area contributed by atoms with Crippen LogP contribution in [-0.2, 0) is 0 Å². The van der Waals surface area contributed by atoms with E-state index in [0.717, 1.165) is 27.0 Å². The second-order valence-corrected chi connectivity index (χ2v) is 6.58. The standard InChI is InChI=1S/C16H12Br2N2O2/c1-9-13-7-10(17)8-14(18)16(21)15(13)20(19-9)11-3-5-12(22-2)6-4-11/h3-8H,1-2H3. The predicted molar refractivity (Wildman–Crippen MR) is 94.0 cm³/mol. The average Bonchev–Trinajstić information content (AvgIpc) is 2.77. The summed E-state index contributed by atoms with van der Waals surface area (Å²) in [4.78, 5) is 12.7. The van der Waals surface area contributed by atoms with Gasteiger partial charge in [-0.2, -0.15) is 5.10 Å². The van der Waals surface area contributed by atoms with E-state index < -0.39 is 0 Å². The molecule has 3 aromatic rings. The van der Waals surface area contributed by atoms with Crippen molar-refractivity contribution in [1.82, 2.24) is 9.78 Å². The minimum Gasteiger partial charge on any atom is -0.497 e. The van der Waals surface area contributed by atoms with Gasteiger partial charge in [-0.3, -0.25) is 4.79 Å². The Morgan fingerprint density at radius 3 is 2.45 bits per heavy atom. The van der Waals surface area contributed by atoms with Crippen LogP contribution in [0.25, 0.3) is 16.6 Å². The van der Waals surface area contributed by atoms with Gasteiger partial charge >= 0.3 is 0 Å². The molecule has 0 aliphatic carbocycles. The first-order valence-electron chi connectivity index (χ1n) is 6.54. The van der Waals surface area contributed by atoms with Gasteiger partial charge in [0.1, 0.15) is 11.3 Å². The van der Waals surface area contributed by atoms with Crippen molar-refractivity contribution in [3.8, 4) is 11.4 Å². The molecule has 2 aromatic carbocycles. The molecule has 0 radical (unpaired) electrons. The van der Waals surface area contributed by atoms with Crippen molar-refractivity contribution in [1.29, 1.82) is 0 Å². The van der Waals surface area contributed by atoms with Crippen LogP contribution < -0.4 is 10.2 Å². The first-order chi connectivity index (χ1) is 10.5. The number of aromatic nitrogens is 2. The molecule has 0 atom stereocenters. The number of ether oxygens (including phenoxy) is 1. The highest BCUT2D eigenvalue weighted by molar-refractivity contribution is 9.11. The van der Waals surface area contributed by atoms with E-state index in [-0.39, 0.29) is 5.43 Å². The van der Waals surface area contributed by atoms with Gasteiger partial charge in [-0.15, -0.1) is 0 Å². The monoisotopic (exact) mass is 422 g/mol. The van der Waals surface area contributed by atoms with Crippen LogP contribution in [0.5, 0.6) is 5.75 Å². The van der Waals surface area contributed by atoms with Crippen LogP contribution in [-0.4, -0.2) is 16.9 Å². The Labute approximate surface area is 144 Å². The molecule has 0 aliphatic heterocycles. The Kier molecular flexibility index (Phi) is 4.06. The predicted octanol–water partition coefficient (Wildman–Crippen LogP) is 4.23. The number of nitrogens with zero attached hydrogens (tertiary/aromatic N) is 2. The molecule has 0 spiro atoms. The van der Waals surface area contributed by atoms with Crippen molar-refractivity contribution in [3.05, 3.63) is 61.3 Å². The van der Waals surface area contributed by atoms with Crippen LogP contribution in [0.3, 0.4) is 0 Å². The number of methoxy groups -OCH3 is 1. The molecule has 4 nitrogen and oxygen atoms in total. The number of halogens is 2. The first kappa shape index (κ1) is 15.2. The third-order valence-corrected chi connectivity index (χ3v) is 4.45. The van der Waals surface area contributed by atoms with Gasteiger partial charge < -0.3 is 4.74 Å². The topological polar surface area (TPSA) is 44.1 Å². The molecule has 0 amide bonds. The van der Waals surface area contributed by atoms with Crippen LogP contribution >= 0.6 is 31.9 Å². The van der Waals surface area contributed by atoms with Gasteiger partial charge in [0, 0.05) is 9.86 Å². The summed E-state index contributed by atoms with van der Waals surface area (Å²) < 4.78 is 8.15. The highest BCUT2D eigenvalue weighted by Gasteiger charge is 2.14. The average molecular weight is 424 g/mol. The number of hydrogen-bond donors (Lipinski definition) is 0. The highest BCUT2D eigenvalue weighted by atomic mass is 79.9. The summed E-state index contributed by atoms with van der Waals surface area (Å²) in [5.74, 6) is 0.758. The number of benzene rings is 1. The lowest BCUT2D eigenvalue weighted by molar-refractivity contribution is 0.414. The Morgan fingerprint density at radius 2 is 1.82 bits per heavy atom. The van der Waals surface area contributed by atoms with Crippen LogP contribution in [0, 0.1) is 6.92 Å². The summed E-state index contributed by atoms with van der Waals surface area (Å²) in [5, 5.41) is 5.34. The molecule has 0 aliphatic rings. The molecule has 0 N–H and O–H groups in total. The maximum absolute atomic E-state index is 12.7. The highest BCUT2D eigenvalue weighted by Crippen LogP contribution is 2.24. The SMILES string of the molecule is COc1ccc(-n2nc(C)c3cc(Br)cc(Br)c(=O)c32)cc1. The number of aryl methyl sites for hydroxylation is 1. The van der Waals surface area contributed by atoms with E-state index in [1.54, 1.807) is 17.9 Å². The van der Waals surface area contributed by atoms with E-state index in [2.05, 4.69) is 37.0 Å². The van der Waals surface area contributed by atoms with Crippen molar-refractivity contribution in [2.45, 2.75) is 6.92 Å². The van der Waals surface area contributed by atoms with Crippen molar-refractivity contribution < 1.29 is 4.74 Å². The van der Waals surface area contributed by atoms with Crippen molar-refractivity contribution >= 4 is 42.8 Å². The summed E-state index contributed by atoms with van der Waals surface area (Å²) >= 11 is 6.78. The number of fused-ring (bicyclic) bond motifs is 1. The summed E-state index contributed by atoms with van der Waals surface area (Å²) in [6.07, 6.45) is 0. The fourth-order valence-electron chi connectivity index (χ4n) is 2.32. The molecule has 0 bridgehead atoms. The van der Waals surface area contributed by atoms with E-state index in [4.69, 9.17) is 4.74 Å². The van der Waals surface area contributed by atoms with Crippen LogP contribution in [0.1, 0.15) is 5.69 Å². The lowest BCUT2D eigenvalue weighted by atomic mass is 10.2. The van der Waals surface area contributed by atoms with Gasteiger partial charge in [-0.05, 0) is 59.3 Å². The third kappa shape index (κ3) is 2.57. The Balaban J connectivity index is 2.38. The van der Waals surface area contributed by atoms with Crippen LogP contribution in [0.15, 0.2) is 50.1 Å². The number of rotatable bonds is 2. The Hall–Kier alpha value is -1.66. The maximum Gasteiger partial charge on any atom is 0.219 e. The zero-order valence-electron chi connectivity index (χ0n) is 11.9. The van der Waals surface area contributed by atoms with E-state index in [1.807, 2.05) is 37.3 Å². The fraction of sp³-hybridized carbons (Fsp3) is 0.125. The van der Waals surface area contributed by atoms with Gasteiger partial charge in [0.2, 0.25) is 5.43 Å². The zero-order valence-corrected chi connectivity index (χ0v) is 15.1. The zero-order chi connectivity index (χ0) is 15.9. The van der Waals surface area contributed by atoms with Gasteiger partial charge in [-0.25, -0.2) is 4.68 Å². The van der Waals surface area contributed by atoms with E-state index in [1.165, 1.54) is 0 Å². The summed E-state index contributed by atoms with van der Waals surface area (Å²) in [6, 6.07) is 11.1. The molecule has 1 aromatic heterocycles. The molecular formula is C16H12Br2N2O2. The molecular weight excluding hydrogens is 412 g/mol. The smallest absolute Gasteiger partial charge is 0.219 e. The van der Waals surface area contributed by atoms with Gasteiger partial charge in [-0.1, -0.05) is 15.9 Å². The van der Waals surface area contributed by atoms with Gasteiger partial charge in [0.15, 0.2) is 0 Å². The molecule has 0 saturated heterocycles. The second kappa shape index (κ2) is 5.85.